The quantitative estimate of drug-likeness (QED) is 0.824. The Hall–Kier alpha value is -1.51. The Morgan fingerprint density at radius 1 is 1.41 bits per heavy atom. The number of hydrogen-bond donors (Lipinski definition) is 2. The third kappa shape index (κ3) is 3.48. The van der Waals surface area contributed by atoms with Crippen LogP contribution in [0.4, 0.5) is 0 Å². The smallest absolute Gasteiger partial charge is 0.336 e. The van der Waals surface area contributed by atoms with Crippen LogP contribution in [-0.2, 0) is 6.42 Å². The number of aromatic carboxylic acids is 1. The van der Waals surface area contributed by atoms with Gasteiger partial charge in [0.15, 0.2) is 0 Å². The van der Waals surface area contributed by atoms with Gasteiger partial charge in [-0.05, 0) is 48.9 Å². The van der Waals surface area contributed by atoms with E-state index in [9.17, 15) is 15.0 Å². The van der Waals surface area contributed by atoms with E-state index in [-0.39, 0.29) is 5.75 Å². The highest BCUT2D eigenvalue weighted by Crippen LogP contribution is 2.24. The maximum atomic E-state index is 11.2. The highest BCUT2D eigenvalue weighted by atomic mass is 16.4. The second kappa shape index (κ2) is 5.71. The molecule has 94 valence electrons. The van der Waals surface area contributed by atoms with E-state index in [1.165, 1.54) is 6.07 Å². The van der Waals surface area contributed by atoms with E-state index in [0.29, 0.717) is 23.5 Å². The summed E-state index contributed by atoms with van der Waals surface area (Å²) in [5.41, 5.74) is 1.69. The molecule has 0 saturated carbocycles. The maximum Gasteiger partial charge on any atom is 0.336 e. The van der Waals surface area contributed by atoms with Crippen LogP contribution in [0.5, 0.6) is 5.75 Å². The van der Waals surface area contributed by atoms with E-state index in [1.54, 1.807) is 13.0 Å². The second-order valence-electron chi connectivity index (χ2n) is 4.65. The van der Waals surface area contributed by atoms with Crippen LogP contribution in [0, 0.1) is 12.8 Å². The van der Waals surface area contributed by atoms with Crippen LogP contribution < -0.4 is 0 Å². The first-order chi connectivity index (χ1) is 7.95. The van der Waals surface area contributed by atoms with Crippen molar-refractivity contribution < 1.29 is 15.0 Å². The molecule has 1 aromatic rings. The van der Waals surface area contributed by atoms with Crippen molar-refractivity contribution in [3.63, 3.8) is 0 Å². The monoisotopic (exact) mass is 236 g/mol. The van der Waals surface area contributed by atoms with Gasteiger partial charge in [0.1, 0.15) is 5.75 Å². The van der Waals surface area contributed by atoms with E-state index in [4.69, 9.17) is 0 Å². The van der Waals surface area contributed by atoms with Crippen LogP contribution in [0.2, 0.25) is 0 Å². The summed E-state index contributed by atoms with van der Waals surface area (Å²) in [4.78, 5) is 11.2. The van der Waals surface area contributed by atoms with Crippen molar-refractivity contribution in [2.45, 2.75) is 40.0 Å². The van der Waals surface area contributed by atoms with Gasteiger partial charge in [-0.15, -0.1) is 0 Å². The molecule has 0 radical (unpaired) electrons. The fourth-order valence-electron chi connectivity index (χ4n) is 1.95. The van der Waals surface area contributed by atoms with Gasteiger partial charge in [0, 0.05) is 0 Å². The lowest BCUT2D eigenvalue weighted by atomic mass is 9.93. The van der Waals surface area contributed by atoms with E-state index < -0.39 is 5.97 Å². The largest absolute Gasteiger partial charge is 0.508 e. The highest BCUT2D eigenvalue weighted by Gasteiger charge is 2.15. The number of phenols is 1. The lowest BCUT2D eigenvalue weighted by Crippen LogP contribution is -2.07. The summed E-state index contributed by atoms with van der Waals surface area (Å²) in [5.74, 6) is -0.201. The molecule has 2 N–H and O–H groups in total. The average molecular weight is 236 g/mol. The van der Waals surface area contributed by atoms with Crippen LogP contribution >= 0.6 is 0 Å². The first kappa shape index (κ1) is 13.6. The van der Waals surface area contributed by atoms with Crippen LogP contribution in [0.1, 0.15) is 48.2 Å². The molecular formula is C14H20O3. The molecule has 3 nitrogen and oxygen atoms in total. The molecular weight excluding hydrogens is 216 g/mol. The number of carboxylic acid groups (broad SMARTS) is 1. The highest BCUT2D eigenvalue weighted by molar-refractivity contribution is 5.91. The zero-order chi connectivity index (χ0) is 13.0. The van der Waals surface area contributed by atoms with Gasteiger partial charge in [0.25, 0.3) is 0 Å². The minimum absolute atomic E-state index is 0.145. The van der Waals surface area contributed by atoms with Gasteiger partial charge in [-0.2, -0.15) is 0 Å². The molecule has 0 bridgehead atoms. The topological polar surface area (TPSA) is 57.5 Å². The number of hydrogen-bond acceptors (Lipinski definition) is 2. The van der Waals surface area contributed by atoms with Gasteiger partial charge in [0.05, 0.1) is 5.56 Å². The molecule has 0 aliphatic rings. The SMILES string of the molecule is CCC(C)CCc1cc(O)cc(C)c1C(=O)O. The summed E-state index contributed by atoms with van der Waals surface area (Å²) in [6.07, 6.45) is 2.73. The van der Waals surface area contributed by atoms with Crippen molar-refractivity contribution in [3.8, 4) is 5.75 Å². The van der Waals surface area contributed by atoms with Crippen molar-refractivity contribution in [2.24, 2.45) is 5.92 Å². The van der Waals surface area contributed by atoms with Crippen molar-refractivity contribution in [2.75, 3.05) is 0 Å². The Labute approximate surface area is 102 Å². The Morgan fingerprint density at radius 3 is 2.59 bits per heavy atom. The van der Waals surface area contributed by atoms with E-state index in [2.05, 4.69) is 13.8 Å². The average Bonchev–Trinajstić information content (AvgIpc) is 2.24. The third-order valence-corrected chi connectivity index (χ3v) is 3.22. The van der Waals surface area contributed by atoms with Crippen LogP contribution in [0.25, 0.3) is 0 Å². The molecule has 0 aromatic heterocycles. The molecule has 0 spiro atoms. The van der Waals surface area contributed by atoms with E-state index >= 15 is 0 Å². The molecule has 1 unspecified atom stereocenters. The summed E-state index contributed by atoms with van der Waals surface area (Å²) >= 11 is 0. The predicted molar refractivity (Wildman–Crippen MR) is 67.6 cm³/mol. The number of aromatic hydroxyl groups is 1. The normalized spacial score (nSPS) is 12.4. The minimum atomic E-state index is -0.915. The van der Waals surface area contributed by atoms with E-state index in [1.807, 2.05) is 0 Å². The Kier molecular flexibility index (Phi) is 4.55. The molecule has 0 aliphatic heterocycles. The fourth-order valence-corrected chi connectivity index (χ4v) is 1.95. The lowest BCUT2D eigenvalue weighted by Gasteiger charge is -2.12. The molecule has 1 rings (SSSR count). The van der Waals surface area contributed by atoms with Crippen molar-refractivity contribution >= 4 is 5.97 Å². The number of phenolic OH excluding ortho intramolecular Hbond substituents is 1. The Bertz CT molecular complexity index is 410. The molecule has 0 saturated heterocycles. The van der Waals surface area contributed by atoms with Gasteiger partial charge >= 0.3 is 5.97 Å². The van der Waals surface area contributed by atoms with Crippen LogP contribution in [0.15, 0.2) is 12.1 Å². The summed E-state index contributed by atoms with van der Waals surface area (Å²) in [6.45, 7) is 5.99. The molecule has 0 amide bonds. The van der Waals surface area contributed by atoms with Crippen LogP contribution in [0.3, 0.4) is 0 Å². The first-order valence-electron chi connectivity index (χ1n) is 6.01. The van der Waals surface area contributed by atoms with Crippen molar-refractivity contribution in [3.05, 3.63) is 28.8 Å². The third-order valence-electron chi connectivity index (χ3n) is 3.22. The summed E-state index contributed by atoms with van der Waals surface area (Å²) < 4.78 is 0. The number of carbonyl (C=O) groups is 1. The van der Waals surface area contributed by atoms with Gasteiger partial charge in [-0.1, -0.05) is 20.3 Å². The molecule has 0 heterocycles. The zero-order valence-electron chi connectivity index (χ0n) is 10.7. The van der Waals surface area contributed by atoms with Crippen LogP contribution in [-0.4, -0.2) is 16.2 Å². The summed E-state index contributed by atoms with van der Waals surface area (Å²) in [6, 6.07) is 3.06. The Morgan fingerprint density at radius 2 is 2.06 bits per heavy atom. The number of rotatable bonds is 5. The number of benzene rings is 1. The van der Waals surface area contributed by atoms with E-state index in [0.717, 1.165) is 18.4 Å². The predicted octanol–water partition coefficient (Wildman–Crippen LogP) is 3.38. The molecule has 0 fully saturated rings. The summed E-state index contributed by atoms with van der Waals surface area (Å²) in [7, 11) is 0. The lowest BCUT2D eigenvalue weighted by molar-refractivity contribution is 0.0695. The molecule has 17 heavy (non-hydrogen) atoms. The van der Waals surface area contributed by atoms with Gasteiger partial charge in [-0.25, -0.2) is 4.79 Å². The zero-order valence-corrected chi connectivity index (χ0v) is 10.7. The summed E-state index contributed by atoms with van der Waals surface area (Å²) in [5, 5.41) is 18.7. The maximum absolute atomic E-state index is 11.2. The van der Waals surface area contributed by atoms with Crippen molar-refractivity contribution in [1.29, 1.82) is 0 Å². The number of aryl methyl sites for hydroxylation is 2. The fraction of sp³-hybridized carbons (Fsp3) is 0.500. The van der Waals surface area contributed by atoms with Gasteiger partial charge < -0.3 is 10.2 Å². The molecule has 1 atom stereocenters. The van der Waals surface area contributed by atoms with Gasteiger partial charge in [-0.3, -0.25) is 0 Å². The van der Waals surface area contributed by atoms with Crippen molar-refractivity contribution in [1.82, 2.24) is 0 Å². The minimum Gasteiger partial charge on any atom is -0.508 e. The molecule has 0 aliphatic carbocycles. The molecule has 3 heteroatoms. The second-order valence-corrected chi connectivity index (χ2v) is 4.65. The standard InChI is InChI=1S/C14H20O3/c1-4-9(2)5-6-11-8-12(15)7-10(3)13(11)14(16)17/h7-9,15H,4-6H2,1-3H3,(H,16,17). The van der Waals surface area contributed by atoms with Gasteiger partial charge in [0.2, 0.25) is 0 Å². The first-order valence-corrected chi connectivity index (χ1v) is 6.01. The Balaban J connectivity index is 3.00. The molecule has 1 aromatic carbocycles. The number of carboxylic acids is 1.